The molecule has 1 atom stereocenters. The van der Waals surface area contributed by atoms with Gasteiger partial charge in [0.25, 0.3) is 0 Å². The Labute approximate surface area is 109 Å². The van der Waals surface area contributed by atoms with Crippen LogP contribution in [-0.4, -0.2) is 36.5 Å². The normalized spacial score (nSPS) is 18.9. The second kappa shape index (κ2) is 5.77. The predicted octanol–water partition coefficient (Wildman–Crippen LogP) is 0.865. The molecule has 0 bridgehead atoms. The Bertz CT molecular complexity index is 447. The van der Waals surface area contributed by atoms with Crippen LogP contribution in [0.5, 0.6) is 5.75 Å². The summed E-state index contributed by atoms with van der Waals surface area (Å²) >= 11 is 1.36. The molecule has 18 heavy (non-hydrogen) atoms. The van der Waals surface area contributed by atoms with Crippen molar-refractivity contribution in [1.82, 2.24) is 5.32 Å². The summed E-state index contributed by atoms with van der Waals surface area (Å²) in [4.78, 5) is 23.4. The summed E-state index contributed by atoms with van der Waals surface area (Å²) in [5.41, 5.74) is 0.653. The van der Waals surface area contributed by atoms with Crippen LogP contribution in [0.15, 0.2) is 24.3 Å². The van der Waals surface area contributed by atoms with Crippen molar-refractivity contribution in [1.29, 1.82) is 0 Å². The van der Waals surface area contributed by atoms with Crippen molar-refractivity contribution >= 4 is 29.3 Å². The lowest BCUT2D eigenvalue weighted by atomic mass is 10.3. The molecule has 1 heterocycles. The minimum absolute atomic E-state index is 0.225. The Kier molecular flexibility index (Phi) is 4.09. The van der Waals surface area contributed by atoms with Crippen molar-refractivity contribution in [2.75, 3.05) is 24.7 Å². The molecule has 2 N–H and O–H groups in total. The Morgan fingerprint density at radius 1 is 1.44 bits per heavy atom. The monoisotopic (exact) mass is 266 g/mol. The third-order valence-corrected chi connectivity index (χ3v) is 3.72. The number of carbonyl (C=O) groups is 2. The summed E-state index contributed by atoms with van der Waals surface area (Å²) in [7, 11) is 1.58. The van der Waals surface area contributed by atoms with Gasteiger partial charge in [-0.05, 0) is 24.3 Å². The number of ether oxygens (including phenoxy) is 1. The topological polar surface area (TPSA) is 67.4 Å². The van der Waals surface area contributed by atoms with E-state index in [9.17, 15) is 9.59 Å². The molecule has 2 rings (SSSR count). The van der Waals surface area contributed by atoms with Crippen molar-refractivity contribution in [2.45, 2.75) is 5.25 Å². The SMILES string of the molecule is COc1ccc(NC(=O)[C@H]2SCCNC2=O)cc1. The Morgan fingerprint density at radius 2 is 2.17 bits per heavy atom. The molecule has 1 aliphatic heterocycles. The van der Waals surface area contributed by atoms with Gasteiger partial charge in [-0.3, -0.25) is 9.59 Å². The number of carbonyl (C=O) groups excluding carboxylic acids is 2. The Hall–Kier alpha value is -1.69. The molecule has 2 amide bonds. The van der Waals surface area contributed by atoms with Crippen LogP contribution in [0, 0.1) is 0 Å². The van der Waals surface area contributed by atoms with Gasteiger partial charge in [-0.1, -0.05) is 0 Å². The Balaban J connectivity index is 1.99. The molecule has 0 radical (unpaired) electrons. The lowest BCUT2D eigenvalue weighted by Gasteiger charge is -2.20. The van der Waals surface area contributed by atoms with Crippen LogP contribution in [0.1, 0.15) is 0 Å². The van der Waals surface area contributed by atoms with Gasteiger partial charge in [-0.25, -0.2) is 0 Å². The molecule has 1 aromatic rings. The maximum atomic E-state index is 11.9. The zero-order chi connectivity index (χ0) is 13.0. The first kappa shape index (κ1) is 12.8. The number of methoxy groups -OCH3 is 1. The zero-order valence-corrected chi connectivity index (χ0v) is 10.8. The second-order valence-electron chi connectivity index (χ2n) is 3.76. The summed E-state index contributed by atoms with van der Waals surface area (Å²) in [5, 5.41) is 4.73. The molecular formula is C12H14N2O3S. The fourth-order valence-corrected chi connectivity index (χ4v) is 2.50. The average molecular weight is 266 g/mol. The number of hydrogen-bond acceptors (Lipinski definition) is 4. The molecule has 0 saturated carbocycles. The van der Waals surface area contributed by atoms with Crippen LogP contribution >= 0.6 is 11.8 Å². The van der Waals surface area contributed by atoms with Gasteiger partial charge in [-0.2, -0.15) is 0 Å². The minimum atomic E-state index is -0.666. The number of benzene rings is 1. The van der Waals surface area contributed by atoms with Gasteiger partial charge in [-0.15, -0.1) is 11.8 Å². The molecule has 0 spiro atoms. The van der Waals surface area contributed by atoms with E-state index in [1.807, 2.05) is 0 Å². The van der Waals surface area contributed by atoms with Gasteiger partial charge in [0.05, 0.1) is 7.11 Å². The zero-order valence-electron chi connectivity index (χ0n) is 9.93. The van der Waals surface area contributed by atoms with E-state index in [1.165, 1.54) is 11.8 Å². The van der Waals surface area contributed by atoms with Crippen LogP contribution in [0.25, 0.3) is 0 Å². The van der Waals surface area contributed by atoms with E-state index >= 15 is 0 Å². The minimum Gasteiger partial charge on any atom is -0.497 e. The summed E-state index contributed by atoms with van der Waals surface area (Å²) in [6.45, 7) is 0.621. The number of nitrogens with one attached hydrogen (secondary N) is 2. The van der Waals surface area contributed by atoms with E-state index in [2.05, 4.69) is 10.6 Å². The quantitative estimate of drug-likeness (QED) is 0.796. The first-order valence-electron chi connectivity index (χ1n) is 5.55. The van der Waals surface area contributed by atoms with Crippen LogP contribution in [-0.2, 0) is 9.59 Å². The van der Waals surface area contributed by atoms with Crippen LogP contribution < -0.4 is 15.4 Å². The second-order valence-corrected chi connectivity index (χ2v) is 4.97. The first-order valence-corrected chi connectivity index (χ1v) is 6.60. The summed E-state index contributed by atoms with van der Waals surface area (Å²) in [6.07, 6.45) is 0. The van der Waals surface area contributed by atoms with E-state index in [-0.39, 0.29) is 11.8 Å². The predicted molar refractivity (Wildman–Crippen MR) is 70.9 cm³/mol. The van der Waals surface area contributed by atoms with Crippen molar-refractivity contribution in [3.63, 3.8) is 0 Å². The van der Waals surface area contributed by atoms with Gasteiger partial charge in [0, 0.05) is 18.0 Å². The van der Waals surface area contributed by atoms with Gasteiger partial charge in [0.1, 0.15) is 5.75 Å². The van der Waals surface area contributed by atoms with Gasteiger partial charge < -0.3 is 15.4 Å². The van der Waals surface area contributed by atoms with Crippen LogP contribution in [0.4, 0.5) is 5.69 Å². The maximum absolute atomic E-state index is 11.9. The van der Waals surface area contributed by atoms with Crippen LogP contribution in [0.2, 0.25) is 0 Å². The number of hydrogen-bond donors (Lipinski definition) is 2. The maximum Gasteiger partial charge on any atom is 0.247 e. The fraction of sp³-hybridized carbons (Fsp3) is 0.333. The van der Waals surface area contributed by atoms with Gasteiger partial charge in [0.15, 0.2) is 5.25 Å². The largest absolute Gasteiger partial charge is 0.497 e. The molecule has 1 fully saturated rings. The number of thioether (sulfide) groups is 1. The molecule has 1 aromatic carbocycles. The first-order chi connectivity index (χ1) is 8.70. The van der Waals surface area contributed by atoms with E-state index in [4.69, 9.17) is 4.74 Å². The van der Waals surface area contributed by atoms with Gasteiger partial charge in [0.2, 0.25) is 11.8 Å². The fourth-order valence-electron chi connectivity index (χ4n) is 1.60. The highest BCUT2D eigenvalue weighted by Gasteiger charge is 2.29. The van der Waals surface area contributed by atoms with Crippen molar-refractivity contribution in [3.8, 4) is 5.75 Å². The highest BCUT2D eigenvalue weighted by Crippen LogP contribution is 2.19. The van der Waals surface area contributed by atoms with Crippen molar-refractivity contribution in [3.05, 3.63) is 24.3 Å². The molecular weight excluding hydrogens is 252 g/mol. The number of amides is 2. The average Bonchev–Trinajstić information content (AvgIpc) is 2.40. The lowest BCUT2D eigenvalue weighted by Crippen LogP contribution is -2.45. The highest BCUT2D eigenvalue weighted by molar-refractivity contribution is 8.01. The molecule has 0 aliphatic carbocycles. The highest BCUT2D eigenvalue weighted by atomic mass is 32.2. The molecule has 1 aliphatic rings. The summed E-state index contributed by atoms with van der Waals surface area (Å²) < 4.78 is 5.03. The molecule has 1 saturated heterocycles. The van der Waals surface area contributed by atoms with Crippen molar-refractivity contribution < 1.29 is 14.3 Å². The number of rotatable bonds is 3. The summed E-state index contributed by atoms with van der Waals surface area (Å²) in [5.74, 6) is 0.962. The van der Waals surface area contributed by atoms with E-state index in [0.29, 0.717) is 12.2 Å². The smallest absolute Gasteiger partial charge is 0.247 e. The molecule has 0 aromatic heterocycles. The third-order valence-electron chi connectivity index (χ3n) is 2.52. The van der Waals surface area contributed by atoms with E-state index in [0.717, 1.165) is 11.5 Å². The van der Waals surface area contributed by atoms with Crippen molar-refractivity contribution in [2.24, 2.45) is 0 Å². The summed E-state index contributed by atoms with van der Waals surface area (Å²) in [6, 6.07) is 6.98. The van der Waals surface area contributed by atoms with Crippen LogP contribution in [0.3, 0.4) is 0 Å². The molecule has 96 valence electrons. The van der Waals surface area contributed by atoms with E-state index in [1.54, 1.807) is 31.4 Å². The third kappa shape index (κ3) is 2.95. The Morgan fingerprint density at radius 3 is 2.78 bits per heavy atom. The molecule has 5 nitrogen and oxygen atoms in total. The standard InChI is InChI=1S/C12H14N2O3S/c1-17-9-4-2-8(3-5-9)14-12(16)10-11(15)13-6-7-18-10/h2-5,10H,6-7H2,1H3,(H,13,15)(H,14,16)/t10-/m0/s1. The molecule has 6 heteroatoms. The molecule has 0 unspecified atom stereocenters. The number of anilines is 1. The van der Waals surface area contributed by atoms with Gasteiger partial charge >= 0.3 is 0 Å². The lowest BCUT2D eigenvalue weighted by molar-refractivity contribution is -0.126. The van der Waals surface area contributed by atoms with E-state index < -0.39 is 5.25 Å².